The summed E-state index contributed by atoms with van der Waals surface area (Å²) in [6, 6.07) is 0. The van der Waals surface area contributed by atoms with Crippen molar-refractivity contribution in [3.63, 3.8) is 0 Å². The molecule has 0 aromatic rings. The predicted molar refractivity (Wildman–Crippen MR) is 64.5 cm³/mol. The molecule has 0 radical (unpaired) electrons. The fraction of sp³-hybridized carbons (Fsp3) is 0.750. The molecule has 0 aromatic heterocycles. The van der Waals surface area contributed by atoms with Gasteiger partial charge in [0, 0.05) is 32.4 Å². The van der Waals surface area contributed by atoms with Gasteiger partial charge in [-0.1, -0.05) is 6.08 Å². The molecule has 0 amide bonds. The van der Waals surface area contributed by atoms with Crippen molar-refractivity contribution >= 4 is 6.21 Å². The van der Waals surface area contributed by atoms with E-state index in [4.69, 9.17) is 0 Å². The Morgan fingerprint density at radius 3 is 2.67 bits per heavy atom. The average molecular weight is 210 g/mol. The van der Waals surface area contributed by atoms with Crippen molar-refractivity contribution in [2.75, 3.05) is 26.2 Å². The number of allylic oxidation sites excluding steroid dienone is 1. The van der Waals surface area contributed by atoms with Crippen LogP contribution in [0, 0.1) is 0 Å². The zero-order chi connectivity index (χ0) is 11.1. The van der Waals surface area contributed by atoms with E-state index in [1.807, 2.05) is 13.1 Å². The predicted octanol–water partition coefficient (Wildman–Crippen LogP) is 1.48. The lowest BCUT2D eigenvalue weighted by atomic mass is 10.1. The Balaban J connectivity index is 2.36. The van der Waals surface area contributed by atoms with Crippen molar-refractivity contribution in [1.29, 1.82) is 0 Å². The second-order valence-electron chi connectivity index (χ2n) is 4.00. The quantitative estimate of drug-likeness (QED) is 0.713. The highest BCUT2D eigenvalue weighted by Gasteiger charge is 2.16. The van der Waals surface area contributed by atoms with E-state index in [0.29, 0.717) is 0 Å². The van der Waals surface area contributed by atoms with Gasteiger partial charge in [0.1, 0.15) is 0 Å². The molecular weight excluding hydrogens is 188 g/mol. The Bertz CT molecular complexity index is 228. The number of aliphatic hydroxyl groups excluding tert-OH is 1. The van der Waals surface area contributed by atoms with Crippen LogP contribution in [0.25, 0.3) is 0 Å². The minimum atomic E-state index is -0.0837. The SMILES string of the molecule is C/C=C(\C=NCC)CN1CCC(O)CC1. The average Bonchev–Trinajstić information content (AvgIpc) is 2.27. The summed E-state index contributed by atoms with van der Waals surface area (Å²) in [4.78, 5) is 6.63. The highest BCUT2D eigenvalue weighted by atomic mass is 16.3. The van der Waals surface area contributed by atoms with E-state index < -0.39 is 0 Å². The van der Waals surface area contributed by atoms with Gasteiger partial charge in [0.25, 0.3) is 0 Å². The summed E-state index contributed by atoms with van der Waals surface area (Å²) in [6.45, 7) is 7.90. The number of rotatable bonds is 4. The van der Waals surface area contributed by atoms with Crippen molar-refractivity contribution in [3.8, 4) is 0 Å². The number of hydrogen-bond acceptors (Lipinski definition) is 3. The number of piperidine rings is 1. The Kier molecular flexibility index (Phi) is 5.58. The lowest BCUT2D eigenvalue weighted by Crippen LogP contribution is -2.37. The molecule has 0 bridgehead atoms. The first-order valence-electron chi connectivity index (χ1n) is 5.81. The molecule has 0 spiro atoms. The Morgan fingerprint density at radius 2 is 2.13 bits per heavy atom. The van der Waals surface area contributed by atoms with Gasteiger partial charge >= 0.3 is 0 Å². The molecule has 3 heteroatoms. The van der Waals surface area contributed by atoms with Crippen molar-refractivity contribution in [2.45, 2.75) is 32.8 Å². The fourth-order valence-corrected chi connectivity index (χ4v) is 1.75. The van der Waals surface area contributed by atoms with Crippen molar-refractivity contribution in [1.82, 2.24) is 4.90 Å². The first-order valence-corrected chi connectivity index (χ1v) is 5.81. The van der Waals surface area contributed by atoms with Gasteiger partial charge < -0.3 is 5.11 Å². The molecule has 1 saturated heterocycles. The lowest BCUT2D eigenvalue weighted by molar-refractivity contribution is 0.0875. The maximum absolute atomic E-state index is 9.39. The van der Waals surface area contributed by atoms with E-state index in [9.17, 15) is 5.11 Å². The molecule has 1 aliphatic heterocycles. The molecule has 3 nitrogen and oxygen atoms in total. The van der Waals surface area contributed by atoms with Gasteiger partial charge in [-0.05, 0) is 32.3 Å². The van der Waals surface area contributed by atoms with Crippen LogP contribution < -0.4 is 0 Å². The molecule has 0 saturated carbocycles. The number of aliphatic hydroxyl groups is 1. The first-order chi connectivity index (χ1) is 7.26. The third-order valence-corrected chi connectivity index (χ3v) is 2.77. The molecule has 0 aliphatic carbocycles. The van der Waals surface area contributed by atoms with E-state index in [1.165, 1.54) is 5.57 Å². The normalized spacial score (nSPS) is 21.4. The van der Waals surface area contributed by atoms with Gasteiger partial charge in [0.15, 0.2) is 0 Å². The van der Waals surface area contributed by atoms with E-state index in [2.05, 4.69) is 22.9 Å². The molecule has 1 heterocycles. The molecule has 1 fully saturated rings. The first kappa shape index (κ1) is 12.4. The van der Waals surface area contributed by atoms with Gasteiger partial charge in [-0.3, -0.25) is 9.89 Å². The van der Waals surface area contributed by atoms with Crippen molar-refractivity contribution in [2.24, 2.45) is 4.99 Å². The molecular formula is C12H22N2O. The number of aliphatic imine (C=N–C) groups is 1. The van der Waals surface area contributed by atoms with Crippen LogP contribution in [0.5, 0.6) is 0 Å². The van der Waals surface area contributed by atoms with Gasteiger partial charge in [-0.25, -0.2) is 0 Å². The molecule has 0 unspecified atom stereocenters. The van der Waals surface area contributed by atoms with Crippen molar-refractivity contribution in [3.05, 3.63) is 11.6 Å². The van der Waals surface area contributed by atoms with Crippen LogP contribution in [0.3, 0.4) is 0 Å². The monoisotopic (exact) mass is 210 g/mol. The summed E-state index contributed by atoms with van der Waals surface area (Å²) in [6.07, 6.45) is 5.80. The van der Waals surface area contributed by atoms with E-state index in [-0.39, 0.29) is 6.10 Å². The Labute approximate surface area is 92.5 Å². The number of nitrogens with zero attached hydrogens (tertiary/aromatic N) is 2. The molecule has 1 rings (SSSR count). The van der Waals surface area contributed by atoms with E-state index in [0.717, 1.165) is 39.0 Å². The highest BCUT2D eigenvalue weighted by Crippen LogP contribution is 2.11. The molecule has 15 heavy (non-hydrogen) atoms. The van der Waals surface area contributed by atoms with Gasteiger partial charge in [-0.2, -0.15) is 0 Å². The standard InChI is InChI=1S/C12H22N2O/c1-3-11(9-13-4-2)10-14-7-5-12(15)6-8-14/h3,9,12,15H,4-8,10H2,1-2H3/b11-3+,13-9?. The summed E-state index contributed by atoms with van der Waals surface area (Å²) >= 11 is 0. The van der Waals surface area contributed by atoms with Crippen LogP contribution in [-0.4, -0.2) is 48.5 Å². The van der Waals surface area contributed by atoms with Gasteiger partial charge in [0.05, 0.1) is 6.10 Å². The van der Waals surface area contributed by atoms with Crippen LogP contribution in [0.1, 0.15) is 26.7 Å². The smallest absolute Gasteiger partial charge is 0.0564 e. The summed E-state index contributed by atoms with van der Waals surface area (Å²) < 4.78 is 0. The second-order valence-corrected chi connectivity index (χ2v) is 4.00. The summed E-state index contributed by atoms with van der Waals surface area (Å²) in [5, 5.41) is 9.39. The molecule has 1 aliphatic rings. The topological polar surface area (TPSA) is 35.8 Å². The van der Waals surface area contributed by atoms with Gasteiger partial charge in [-0.15, -0.1) is 0 Å². The Hall–Kier alpha value is -0.670. The zero-order valence-electron chi connectivity index (χ0n) is 9.82. The minimum Gasteiger partial charge on any atom is -0.393 e. The van der Waals surface area contributed by atoms with Gasteiger partial charge in [0.2, 0.25) is 0 Å². The zero-order valence-corrected chi connectivity index (χ0v) is 9.82. The molecule has 0 aromatic carbocycles. The molecule has 0 atom stereocenters. The van der Waals surface area contributed by atoms with Crippen LogP contribution >= 0.6 is 0 Å². The highest BCUT2D eigenvalue weighted by molar-refractivity contribution is 5.78. The number of likely N-dealkylation sites (tertiary alicyclic amines) is 1. The van der Waals surface area contributed by atoms with E-state index >= 15 is 0 Å². The van der Waals surface area contributed by atoms with Crippen LogP contribution in [0.15, 0.2) is 16.6 Å². The molecule has 1 N–H and O–H groups in total. The third-order valence-electron chi connectivity index (χ3n) is 2.77. The largest absolute Gasteiger partial charge is 0.393 e. The number of hydrogen-bond donors (Lipinski definition) is 1. The van der Waals surface area contributed by atoms with Crippen LogP contribution in [0.2, 0.25) is 0 Å². The fourth-order valence-electron chi connectivity index (χ4n) is 1.75. The van der Waals surface area contributed by atoms with E-state index in [1.54, 1.807) is 0 Å². The van der Waals surface area contributed by atoms with Crippen LogP contribution in [-0.2, 0) is 0 Å². The second kappa shape index (κ2) is 6.75. The lowest BCUT2D eigenvalue weighted by Gasteiger charge is -2.29. The molecule has 86 valence electrons. The summed E-state index contributed by atoms with van der Waals surface area (Å²) in [5.74, 6) is 0. The Morgan fingerprint density at radius 1 is 1.47 bits per heavy atom. The van der Waals surface area contributed by atoms with Crippen LogP contribution in [0.4, 0.5) is 0 Å². The minimum absolute atomic E-state index is 0.0837. The maximum atomic E-state index is 9.39. The maximum Gasteiger partial charge on any atom is 0.0564 e. The third kappa shape index (κ3) is 4.58. The summed E-state index contributed by atoms with van der Waals surface area (Å²) in [5.41, 5.74) is 1.27. The van der Waals surface area contributed by atoms with Crippen molar-refractivity contribution < 1.29 is 5.11 Å². The summed E-state index contributed by atoms with van der Waals surface area (Å²) in [7, 11) is 0.